The zero-order chi connectivity index (χ0) is 24.6. The number of carboxylic acid groups (broad SMARTS) is 1. The van der Waals surface area contributed by atoms with Gasteiger partial charge in [0, 0.05) is 0 Å². The molecule has 12 heteroatoms. The highest BCUT2D eigenvalue weighted by Crippen LogP contribution is 2.08. The van der Waals surface area contributed by atoms with Gasteiger partial charge >= 0.3 is 12.1 Å². The summed E-state index contributed by atoms with van der Waals surface area (Å²) in [5.74, 6) is -3.13. The minimum absolute atomic E-state index is 0.0529. The topological polar surface area (TPSA) is 176 Å². The molecule has 1 rings (SSSR count). The van der Waals surface area contributed by atoms with Crippen molar-refractivity contribution in [2.45, 2.75) is 65.3 Å². The normalized spacial score (nSPS) is 13.7. The zero-order valence-corrected chi connectivity index (χ0v) is 18.8. The number of rotatable bonds is 8. The fourth-order valence-corrected chi connectivity index (χ4v) is 2.15. The van der Waals surface area contributed by atoms with Gasteiger partial charge in [0.2, 0.25) is 11.8 Å². The molecule has 5 N–H and O–H groups in total. The second-order valence-electron chi connectivity index (χ2n) is 8.03. The second-order valence-corrected chi connectivity index (χ2v) is 8.03. The predicted octanol–water partition coefficient (Wildman–Crippen LogP) is 0.641. The highest BCUT2D eigenvalue weighted by atomic mass is 16.6. The van der Waals surface area contributed by atoms with Gasteiger partial charge in [0.05, 0.1) is 0 Å². The van der Waals surface area contributed by atoms with Crippen LogP contribution in [-0.4, -0.2) is 63.6 Å². The van der Waals surface area contributed by atoms with E-state index in [1.165, 1.54) is 39.0 Å². The van der Waals surface area contributed by atoms with Crippen molar-refractivity contribution in [3.05, 3.63) is 23.9 Å². The number of carbonyl (C=O) groups is 5. The summed E-state index contributed by atoms with van der Waals surface area (Å²) < 4.78 is 5.09. The number of nitrogens with zero attached hydrogens (tertiary/aromatic N) is 1. The van der Waals surface area contributed by atoms with Gasteiger partial charge in [0.25, 0.3) is 5.91 Å². The van der Waals surface area contributed by atoms with E-state index in [4.69, 9.17) is 9.84 Å². The van der Waals surface area contributed by atoms with E-state index < -0.39 is 53.5 Å². The quantitative estimate of drug-likeness (QED) is 0.382. The number of nitrogens with one attached hydrogen (secondary N) is 4. The molecule has 4 amide bonds. The van der Waals surface area contributed by atoms with Crippen LogP contribution in [0.1, 0.15) is 52.0 Å². The molecule has 12 nitrogen and oxygen atoms in total. The van der Waals surface area contributed by atoms with Crippen LogP contribution in [0.4, 0.5) is 10.6 Å². The molecule has 1 heterocycles. The molecule has 32 heavy (non-hydrogen) atoms. The van der Waals surface area contributed by atoms with Gasteiger partial charge in [0.15, 0.2) is 0 Å². The molecule has 0 spiro atoms. The van der Waals surface area contributed by atoms with Gasteiger partial charge < -0.3 is 31.1 Å². The van der Waals surface area contributed by atoms with Gasteiger partial charge in [-0.1, -0.05) is 6.07 Å². The average molecular weight is 451 g/mol. The fourth-order valence-electron chi connectivity index (χ4n) is 2.15. The third-order valence-corrected chi connectivity index (χ3v) is 3.83. The zero-order valence-electron chi connectivity index (χ0n) is 18.8. The van der Waals surface area contributed by atoms with Crippen molar-refractivity contribution < 1.29 is 33.8 Å². The Kier molecular flexibility index (Phi) is 9.11. The number of hydrogen-bond donors (Lipinski definition) is 5. The van der Waals surface area contributed by atoms with E-state index in [-0.39, 0.29) is 11.5 Å². The van der Waals surface area contributed by atoms with Crippen LogP contribution in [0.2, 0.25) is 0 Å². The van der Waals surface area contributed by atoms with Crippen LogP contribution in [0.5, 0.6) is 0 Å². The molecule has 176 valence electrons. The molecule has 3 atom stereocenters. The van der Waals surface area contributed by atoms with Crippen molar-refractivity contribution in [1.29, 1.82) is 0 Å². The van der Waals surface area contributed by atoms with Gasteiger partial charge in [0.1, 0.15) is 35.2 Å². The van der Waals surface area contributed by atoms with Crippen molar-refractivity contribution in [2.75, 3.05) is 5.32 Å². The maximum Gasteiger partial charge on any atom is 0.408 e. The smallest absolute Gasteiger partial charge is 0.408 e. The van der Waals surface area contributed by atoms with Gasteiger partial charge in [-0.25, -0.2) is 9.78 Å². The first kappa shape index (κ1) is 26.3. The lowest BCUT2D eigenvalue weighted by molar-refractivity contribution is -0.141. The van der Waals surface area contributed by atoms with Gasteiger partial charge in [-0.2, -0.15) is 0 Å². The minimum atomic E-state index is -1.21. The van der Waals surface area contributed by atoms with E-state index in [0.717, 1.165) is 0 Å². The lowest BCUT2D eigenvalue weighted by atomic mass is 10.2. The summed E-state index contributed by atoms with van der Waals surface area (Å²) in [7, 11) is 0. The van der Waals surface area contributed by atoms with E-state index in [9.17, 15) is 24.0 Å². The Bertz CT molecular complexity index is 881. The average Bonchev–Trinajstić information content (AvgIpc) is 2.66. The molecule has 0 aliphatic carbocycles. The van der Waals surface area contributed by atoms with Gasteiger partial charge in [-0.15, -0.1) is 0 Å². The summed E-state index contributed by atoms with van der Waals surface area (Å²) in [6.45, 7) is 9.20. The lowest BCUT2D eigenvalue weighted by Crippen LogP contribution is -2.49. The molecule has 0 aliphatic heterocycles. The standard InChI is InChI=1S/C20H29N5O7/c1-10(15(26)22-12(3)18(29)30)21-17(28)13-8-7-9-14(24-13)25-16(27)11(2)23-19(31)32-20(4,5)6/h7-12H,1-6H3,(H,21,28)(H,22,26)(H,23,31)(H,29,30)(H,24,25,27)/t10-,11-,12+/m0/s1. The van der Waals surface area contributed by atoms with Crippen molar-refractivity contribution in [1.82, 2.24) is 20.9 Å². The maximum absolute atomic E-state index is 12.4. The number of aliphatic carboxylic acids is 1. The number of anilines is 1. The number of pyridine rings is 1. The number of aromatic nitrogens is 1. The van der Waals surface area contributed by atoms with Crippen molar-refractivity contribution in [3.63, 3.8) is 0 Å². The molecule has 0 aliphatic rings. The third-order valence-electron chi connectivity index (χ3n) is 3.83. The lowest BCUT2D eigenvalue weighted by Gasteiger charge is -2.21. The Morgan fingerprint density at radius 3 is 2.06 bits per heavy atom. The van der Waals surface area contributed by atoms with Gasteiger partial charge in [-0.05, 0) is 53.7 Å². The van der Waals surface area contributed by atoms with Crippen LogP contribution in [0.3, 0.4) is 0 Å². The summed E-state index contributed by atoms with van der Waals surface area (Å²) >= 11 is 0. The summed E-state index contributed by atoms with van der Waals surface area (Å²) in [6.07, 6.45) is -0.759. The Morgan fingerprint density at radius 1 is 0.906 bits per heavy atom. The van der Waals surface area contributed by atoms with Crippen LogP contribution in [0, 0.1) is 0 Å². The third kappa shape index (κ3) is 8.98. The summed E-state index contributed by atoms with van der Waals surface area (Å²) in [5, 5.41) is 18.3. The maximum atomic E-state index is 12.4. The molecular formula is C20H29N5O7. The highest BCUT2D eigenvalue weighted by molar-refractivity contribution is 5.98. The number of hydrogen-bond acceptors (Lipinski definition) is 7. The summed E-state index contributed by atoms with van der Waals surface area (Å²) in [5.41, 5.74) is -0.801. The van der Waals surface area contributed by atoms with E-state index in [1.807, 2.05) is 0 Å². The Morgan fingerprint density at radius 2 is 1.50 bits per heavy atom. The van der Waals surface area contributed by atoms with Crippen molar-refractivity contribution >= 4 is 35.6 Å². The first-order valence-corrected chi connectivity index (χ1v) is 9.81. The van der Waals surface area contributed by atoms with Crippen LogP contribution in [0.25, 0.3) is 0 Å². The van der Waals surface area contributed by atoms with Crippen LogP contribution in [0.15, 0.2) is 18.2 Å². The molecule has 1 aromatic heterocycles. The van der Waals surface area contributed by atoms with E-state index in [2.05, 4.69) is 26.3 Å². The van der Waals surface area contributed by atoms with Crippen molar-refractivity contribution in [2.24, 2.45) is 0 Å². The SMILES string of the molecule is C[C@H](NC(=O)OC(C)(C)C)C(=O)Nc1cccc(C(=O)N[C@@H](C)C(=O)N[C@H](C)C(=O)O)n1. The largest absolute Gasteiger partial charge is 0.480 e. The summed E-state index contributed by atoms with van der Waals surface area (Å²) in [4.78, 5) is 63.3. The molecule has 0 fully saturated rings. The molecule has 0 saturated carbocycles. The number of amides is 4. The first-order valence-electron chi connectivity index (χ1n) is 9.81. The molecular weight excluding hydrogens is 422 g/mol. The Labute approximate surface area is 185 Å². The van der Waals surface area contributed by atoms with Crippen LogP contribution >= 0.6 is 0 Å². The summed E-state index contributed by atoms with van der Waals surface area (Å²) in [6, 6.07) is 1.21. The highest BCUT2D eigenvalue weighted by Gasteiger charge is 2.23. The predicted molar refractivity (Wildman–Crippen MR) is 114 cm³/mol. The van der Waals surface area contributed by atoms with Gasteiger partial charge in [-0.3, -0.25) is 19.2 Å². The minimum Gasteiger partial charge on any atom is -0.480 e. The molecule has 0 unspecified atom stereocenters. The molecule has 0 aromatic carbocycles. The van der Waals surface area contributed by atoms with E-state index in [0.29, 0.717) is 0 Å². The number of carbonyl (C=O) groups excluding carboxylic acids is 4. The number of carboxylic acids is 1. The molecule has 0 radical (unpaired) electrons. The fraction of sp³-hybridized carbons (Fsp3) is 0.500. The second kappa shape index (κ2) is 11.1. The number of alkyl carbamates (subject to hydrolysis) is 1. The Balaban J connectivity index is 2.71. The van der Waals surface area contributed by atoms with Crippen LogP contribution < -0.4 is 21.3 Å². The van der Waals surface area contributed by atoms with Crippen LogP contribution in [-0.2, 0) is 19.1 Å². The van der Waals surface area contributed by atoms with E-state index >= 15 is 0 Å². The monoisotopic (exact) mass is 451 g/mol. The molecule has 0 saturated heterocycles. The Hall–Kier alpha value is -3.70. The molecule has 0 bridgehead atoms. The molecule has 1 aromatic rings. The number of ether oxygens (including phenoxy) is 1. The van der Waals surface area contributed by atoms with E-state index in [1.54, 1.807) is 20.8 Å². The van der Waals surface area contributed by atoms with Crippen molar-refractivity contribution in [3.8, 4) is 0 Å². The first-order chi connectivity index (χ1) is 14.7.